The van der Waals surface area contributed by atoms with E-state index in [9.17, 15) is 18.0 Å². The lowest BCUT2D eigenvalue weighted by Crippen LogP contribution is -2.46. The van der Waals surface area contributed by atoms with E-state index in [2.05, 4.69) is 0 Å². The molecule has 0 aliphatic heterocycles. The third-order valence-electron chi connectivity index (χ3n) is 2.19. The highest BCUT2D eigenvalue weighted by Gasteiger charge is 2.58. The lowest BCUT2D eigenvalue weighted by atomic mass is 9.78. The topological polar surface area (TPSA) is 37.3 Å². The third kappa shape index (κ3) is 1.54. The van der Waals surface area contributed by atoms with E-state index in [-0.39, 0.29) is 0 Å². The smallest absolute Gasteiger partial charge is 0.404 e. The molecule has 5 heteroatoms. The summed E-state index contributed by atoms with van der Waals surface area (Å²) in [5, 5.41) is 8.42. The summed E-state index contributed by atoms with van der Waals surface area (Å²) in [5.41, 5.74) is -2.65. The quantitative estimate of drug-likeness (QED) is 0.714. The van der Waals surface area contributed by atoms with Crippen LogP contribution in [0.15, 0.2) is 0 Å². The monoisotopic (exact) mass is 184 g/mol. The summed E-state index contributed by atoms with van der Waals surface area (Å²) in [6.07, 6.45) is -4.70. The summed E-state index contributed by atoms with van der Waals surface area (Å²) in [6.45, 7) is 3.17. The first kappa shape index (κ1) is 11.3. The van der Waals surface area contributed by atoms with Crippen molar-refractivity contribution in [3.8, 4) is 0 Å². The first-order valence-corrected chi connectivity index (χ1v) is 3.44. The average molecular weight is 184 g/mol. The fourth-order valence-corrected chi connectivity index (χ4v) is 0.696. The van der Waals surface area contributed by atoms with Crippen LogP contribution in [0.5, 0.6) is 0 Å². The van der Waals surface area contributed by atoms with E-state index in [1.807, 2.05) is 0 Å². The molecule has 0 amide bonds. The van der Waals surface area contributed by atoms with Gasteiger partial charge in [0.25, 0.3) is 0 Å². The largest absolute Gasteiger partial charge is 0.481 e. The molecule has 12 heavy (non-hydrogen) atoms. The molecule has 0 bridgehead atoms. The standard InChI is InChI=1S/C7H11F3O2/c1-4(2)6(3,5(11)12)7(8,9)10/h4H,1-3H3,(H,11,12). The van der Waals surface area contributed by atoms with Crippen molar-refractivity contribution in [3.63, 3.8) is 0 Å². The Morgan fingerprint density at radius 2 is 1.67 bits per heavy atom. The Hall–Kier alpha value is -0.740. The van der Waals surface area contributed by atoms with Crippen LogP contribution in [0.3, 0.4) is 0 Å². The summed E-state index contributed by atoms with van der Waals surface area (Å²) in [5.74, 6) is -2.81. The molecule has 0 aliphatic rings. The first-order valence-electron chi connectivity index (χ1n) is 3.44. The van der Waals surface area contributed by atoms with Gasteiger partial charge in [0.1, 0.15) is 0 Å². The van der Waals surface area contributed by atoms with Gasteiger partial charge in [0.2, 0.25) is 0 Å². The Balaban J connectivity index is 5.02. The number of carboxylic acid groups (broad SMARTS) is 1. The van der Waals surface area contributed by atoms with Gasteiger partial charge in [-0.2, -0.15) is 13.2 Å². The molecule has 0 aromatic heterocycles. The predicted molar refractivity (Wildman–Crippen MR) is 36.6 cm³/mol. The zero-order chi connectivity index (χ0) is 10.2. The second-order valence-corrected chi connectivity index (χ2v) is 3.16. The zero-order valence-electron chi connectivity index (χ0n) is 7.07. The van der Waals surface area contributed by atoms with Crippen molar-refractivity contribution in [2.75, 3.05) is 0 Å². The Labute approximate surface area is 68.4 Å². The number of rotatable bonds is 2. The maximum atomic E-state index is 12.2. The minimum atomic E-state index is -4.70. The van der Waals surface area contributed by atoms with Crippen molar-refractivity contribution in [1.82, 2.24) is 0 Å². The van der Waals surface area contributed by atoms with E-state index in [1.54, 1.807) is 0 Å². The van der Waals surface area contributed by atoms with Crippen molar-refractivity contribution >= 4 is 5.97 Å². The van der Waals surface area contributed by atoms with E-state index >= 15 is 0 Å². The summed E-state index contributed by atoms with van der Waals surface area (Å²) < 4.78 is 36.7. The summed E-state index contributed by atoms with van der Waals surface area (Å²) in [6, 6.07) is 0. The predicted octanol–water partition coefficient (Wildman–Crippen LogP) is 2.30. The van der Waals surface area contributed by atoms with Crippen LogP contribution in [-0.4, -0.2) is 17.3 Å². The van der Waals surface area contributed by atoms with Crippen molar-refractivity contribution in [1.29, 1.82) is 0 Å². The summed E-state index contributed by atoms with van der Waals surface area (Å²) in [4.78, 5) is 10.4. The van der Waals surface area contributed by atoms with Crippen LogP contribution >= 0.6 is 0 Å². The molecule has 0 saturated heterocycles. The molecule has 0 aliphatic carbocycles. The van der Waals surface area contributed by atoms with Crippen LogP contribution in [0, 0.1) is 11.3 Å². The fraction of sp³-hybridized carbons (Fsp3) is 0.857. The normalized spacial score (nSPS) is 17.6. The van der Waals surface area contributed by atoms with Gasteiger partial charge in [-0.3, -0.25) is 4.79 Å². The van der Waals surface area contributed by atoms with Gasteiger partial charge in [-0.15, -0.1) is 0 Å². The van der Waals surface area contributed by atoms with Gasteiger partial charge in [0.05, 0.1) is 0 Å². The van der Waals surface area contributed by atoms with Crippen molar-refractivity contribution in [2.45, 2.75) is 26.9 Å². The number of aliphatic carboxylic acids is 1. The highest BCUT2D eigenvalue weighted by atomic mass is 19.4. The first-order chi connectivity index (χ1) is 5.14. The Morgan fingerprint density at radius 3 is 1.67 bits per heavy atom. The van der Waals surface area contributed by atoms with Crippen molar-refractivity contribution in [2.24, 2.45) is 11.3 Å². The van der Waals surface area contributed by atoms with Gasteiger partial charge in [-0.25, -0.2) is 0 Å². The van der Waals surface area contributed by atoms with Gasteiger partial charge < -0.3 is 5.11 Å². The third-order valence-corrected chi connectivity index (χ3v) is 2.19. The number of alkyl halides is 3. The van der Waals surface area contributed by atoms with Crippen LogP contribution in [0.2, 0.25) is 0 Å². The average Bonchev–Trinajstić information content (AvgIpc) is 1.82. The molecule has 2 nitrogen and oxygen atoms in total. The maximum Gasteiger partial charge on any atom is 0.404 e. The minimum absolute atomic E-state index is 0.694. The number of carbonyl (C=O) groups is 1. The number of halogens is 3. The Bertz CT molecular complexity index is 186. The highest BCUT2D eigenvalue weighted by molar-refractivity contribution is 5.75. The highest BCUT2D eigenvalue weighted by Crippen LogP contribution is 2.43. The molecule has 0 radical (unpaired) electrons. The number of hydrogen-bond donors (Lipinski definition) is 1. The minimum Gasteiger partial charge on any atom is -0.481 e. The summed E-state index contributed by atoms with van der Waals surface area (Å²) in [7, 11) is 0. The molecule has 72 valence electrons. The molecule has 1 unspecified atom stereocenters. The lowest BCUT2D eigenvalue weighted by Gasteiger charge is -2.31. The zero-order valence-corrected chi connectivity index (χ0v) is 7.07. The van der Waals surface area contributed by atoms with Gasteiger partial charge in [-0.05, 0) is 12.8 Å². The van der Waals surface area contributed by atoms with E-state index in [0.29, 0.717) is 6.92 Å². The number of hydrogen-bond acceptors (Lipinski definition) is 1. The molecule has 0 aromatic carbocycles. The van der Waals surface area contributed by atoms with Crippen LogP contribution in [0.1, 0.15) is 20.8 Å². The van der Waals surface area contributed by atoms with Crippen LogP contribution in [0.25, 0.3) is 0 Å². The molecule has 0 aromatic rings. The van der Waals surface area contributed by atoms with Crippen LogP contribution < -0.4 is 0 Å². The van der Waals surface area contributed by atoms with Gasteiger partial charge >= 0.3 is 12.1 Å². The van der Waals surface area contributed by atoms with Crippen molar-refractivity contribution in [3.05, 3.63) is 0 Å². The van der Waals surface area contributed by atoms with E-state index in [4.69, 9.17) is 5.11 Å². The van der Waals surface area contributed by atoms with E-state index in [0.717, 1.165) is 0 Å². The fourth-order valence-electron chi connectivity index (χ4n) is 0.696. The Kier molecular flexibility index (Phi) is 2.77. The van der Waals surface area contributed by atoms with Gasteiger partial charge in [-0.1, -0.05) is 13.8 Å². The molecule has 1 atom stereocenters. The molecule has 0 heterocycles. The molecule has 0 fully saturated rings. The maximum absolute atomic E-state index is 12.2. The molecule has 0 saturated carbocycles. The number of carboxylic acids is 1. The molecular formula is C7H11F3O2. The molecule has 0 spiro atoms. The second-order valence-electron chi connectivity index (χ2n) is 3.16. The Morgan fingerprint density at radius 1 is 1.33 bits per heavy atom. The van der Waals surface area contributed by atoms with Crippen LogP contribution in [0.4, 0.5) is 13.2 Å². The van der Waals surface area contributed by atoms with Crippen molar-refractivity contribution < 1.29 is 23.1 Å². The summed E-state index contributed by atoms with van der Waals surface area (Å²) >= 11 is 0. The van der Waals surface area contributed by atoms with Gasteiger partial charge in [0, 0.05) is 0 Å². The molecular weight excluding hydrogens is 173 g/mol. The lowest BCUT2D eigenvalue weighted by molar-refractivity contribution is -0.237. The molecule has 0 rings (SSSR count). The van der Waals surface area contributed by atoms with Crippen LogP contribution in [-0.2, 0) is 4.79 Å². The SMILES string of the molecule is CC(C)C(C)(C(=O)O)C(F)(F)F. The second kappa shape index (κ2) is 2.95. The van der Waals surface area contributed by atoms with E-state index < -0.39 is 23.5 Å². The van der Waals surface area contributed by atoms with Gasteiger partial charge in [0.15, 0.2) is 5.41 Å². The molecule has 1 N–H and O–H groups in total. The van der Waals surface area contributed by atoms with E-state index in [1.165, 1.54) is 13.8 Å².